The minimum Gasteiger partial charge on any atom is -0.399 e. The monoisotopic (exact) mass is 299 g/mol. The first-order valence-corrected chi connectivity index (χ1v) is 7.65. The lowest BCUT2D eigenvalue weighted by Crippen LogP contribution is -1.98. The van der Waals surface area contributed by atoms with Gasteiger partial charge in [0.2, 0.25) is 0 Å². The number of nitrogens with zero attached hydrogens (tertiary/aromatic N) is 2. The number of anilines is 1. The van der Waals surface area contributed by atoms with E-state index in [1.807, 2.05) is 42.7 Å². The van der Waals surface area contributed by atoms with E-state index < -0.39 is 0 Å². The lowest BCUT2D eigenvalue weighted by Gasteiger charge is -2.08. The smallest absolute Gasteiger partial charge is 0.0964 e. The van der Waals surface area contributed by atoms with Crippen LogP contribution in [0, 0.1) is 0 Å². The molecule has 0 radical (unpaired) electrons. The Hall–Kier alpha value is -3.07. The second-order valence-corrected chi connectivity index (χ2v) is 5.66. The average Bonchev–Trinajstić information content (AvgIpc) is 2.99. The Morgan fingerprint density at radius 2 is 1.57 bits per heavy atom. The van der Waals surface area contributed by atoms with Crippen LogP contribution in [-0.4, -0.2) is 9.55 Å². The van der Waals surface area contributed by atoms with Crippen molar-refractivity contribution in [2.24, 2.45) is 0 Å². The van der Waals surface area contributed by atoms with Gasteiger partial charge in [0.15, 0.2) is 0 Å². The summed E-state index contributed by atoms with van der Waals surface area (Å²) in [7, 11) is 0. The van der Waals surface area contributed by atoms with Gasteiger partial charge in [-0.05, 0) is 23.3 Å². The number of rotatable bonds is 3. The molecule has 2 N–H and O–H groups in total. The van der Waals surface area contributed by atoms with Crippen molar-refractivity contribution in [3.63, 3.8) is 0 Å². The van der Waals surface area contributed by atoms with Crippen LogP contribution in [0.25, 0.3) is 22.2 Å². The molecule has 0 atom stereocenters. The predicted octanol–water partition coefficient (Wildman–Crippen LogP) is 4.33. The molecule has 0 saturated carbocycles. The fraction of sp³-hybridized carbons (Fsp3) is 0.0500. The summed E-state index contributed by atoms with van der Waals surface area (Å²) in [6.45, 7) is 0.787. The van der Waals surface area contributed by atoms with Crippen LogP contribution in [0.4, 0.5) is 5.69 Å². The topological polar surface area (TPSA) is 43.8 Å². The number of fused-ring (bicyclic) bond motifs is 1. The Morgan fingerprint density at radius 3 is 2.30 bits per heavy atom. The highest BCUT2D eigenvalue weighted by atomic mass is 15.0. The van der Waals surface area contributed by atoms with Gasteiger partial charge in [-0.2, -0.15) is 0 Å². The standard InChI is InChI=1S/C20H17N3/c21-17-11-18(16-9-5-2-6-10-16)20-19(12-17)23(14-22-20)13-15-7-3-1-4-8-15/h1-12,14H,13,21H2. The molecule has 4 rings (SSSR count). The van der Waals surface area contributed by atoms with Gasteiger partial charge in [-0.1, -0.05) is 60.7 Å². The van der Waals surface area contributed by atoms with Gasteiger partial charge in [0.1, 0.15) is 0 Å². The first-order valence-electron chi connectivity index (χ1n) is 7.65. The summed E-state index contributed by atoms with van der Waals surface area (Å²) in [4.78, 5) is 4.64. The van der Waals surface area contributed by atoms with Gasteiger partial charge in [0, 0.05) is 17.8 Å². The molecule has 1 heterocycles. The lowest BCUT2D eigenvalue weighted by molar-refractivity contribution is 0.825. The van der Waals surface area contributed by atoms with Crippen LogP contribution in [0.1, 0.15) is 5.56 Å². The quantitative estimate of drug-likeness (QED) is 0.572. The maximum atomic E-state index is 6.14. The second-order valence-electron chi connectivity index (χ2n) is 5.66. The molecule has 23 heavy (non-hydrogen) atoms. The molecular formula is C20H17N3. The summed E-state index contributed by atoms with van der Waals surface area (Å²) in [5.74, 6) is 0. The summed E-state index contributed by atoms with van der Waals surface area (Å²) in [5, 5.41) is 0. The minimum atomic E-state index is 0.756. The average molecular weight is 299 g/mol. The van der Waals surface area contributed by atoms with E-state index in [2.05, 4.69) is 45.9 Å². The summed E-state index contributed by atoms with van der Waals surface area (Å²) in [6.07, 6.45) is 1.89. The van der Waals surface area contributed by atoms with Crippen LogP contribution in [0.15, 0.2) is 79.1 Å². The van der Waals surface area contributed by atoms with E-state index >= 15 is 0 Å². The van der Waals surface area contributed by atoms with Crippen molar-refractivity contribution in [1.82, 2.24) is 9.55 Å². The normalized spacial score (nSPS) is 11.0. The van der Waals surface area contributed by atoms with Crippen molar-refractivity contribution in [1.29, 1.82) is 0 Å². The molecule has 3 aromatic carbocycles. The fourth-order valence-electron chi connectivity index (χ4n) is 2.93. The van der Waals surface area contributed by atoms with Gasteiger partial charge >= 0.3 is 0 Å². The van der Waals surface area contributed by atoms with E-state index in [9.17, 15) is 0 Å². The number of hydrogen-bond acceptors (Lipinski definition) is 2. The molecular weight excluding hydrogens is 282 g/mol. The van der Waals surface area contributed by atoms with Gasteiger partial charge in [0.05, 0.1) is 17.4 Å². The number of benzene rings is 3. The summed E-state index contributed by atoms with van der Waals surface area (Å²) in [6, 6.07) is 24.6. The summed E-state index contributed by atoms with van der Waals surface area (Å²) < 4.78 is 2.15. The van der Waals surface area contributed by atoms with E-state index in [1.165, 1.54) is 5.56 Å². The largest absolute Gasteiger partial charge is 0.399 e. The van der Waals surface area contributed by atoms with Crippen LogP contribution >= 0.6 is 0 Å². The Balaban J connectivity index is 1.85. The van der Waals surface area contributed by atoms with Crippen molar-refractivity contribution in [3.05, 3.63) is 84.7 Å². The Morgan fingerprint density at radius 1 is 0.870 bits per heavy atom. The Labute approximate surface area is 135 Å². The first kappa shape index (κ1) is 13.6. The highest BCUT2D eigenvalue weighted by Crippen LogP contribution is 2.30. The van der Waals surface area contributed by atoms with Gasteiger partial charge < -0.3 is 10.3 Å². The molecule has 0 unspecified atom stereocenters. The molecule has 1 aromatic heterocycles. The van der Waals surface area contributed by atoms with E-state index in [0.717, 1.165) is 34.4 Å². The van der Waals surface area contributed by atoms with Crippen LogP contribution < -0.4 is 5.73 Å². The fourth-order valence-corrected chi connectivity index (χ4v) is 2.93. The molecule has 0 bridgehead atoms. The highest BCUT2D eigenvalue weighted by Gasteiger charge is 2.11. The van der Waals surface area contributed by atoms with Gasteiger partial charge in [0.25, 0.3) is 0 Å². The molecule has 0 spiro atoms. The van der Waals surface area contributed by atoms with Crippen molar-refractivity contribution in [2.45, 2.75) is 6.54 Å². The van der Waals surface area contributed by atoms with Gasteiger partial charge in [-0.3, -0.25) is 0 Å². The maximum Gasteiger partial charge on any atom is 0.0964 e. The molecule has 0 aliphatic carbocycles. The molecule has 3 nitrogen and oxygen atoms in total. The molecule has 0 saturated heterocycles. The zero-order chi connectivity index (χ0) is 15.6. The van der Waals surface area contributed by atoms with Crippen molar-refractivity contribution in [3.8, 4) is 11.1 Å². The molecule has 4 aromatic rings. The summed E-state index contributed by atoms with van der Waals surface area (Å²) in [5.41, 5.74) is 12.4. The molecule has 0 amide bonds. The number of aromatic nitrogens is 2. The molecule has 3 heteroatoms. The predicted molar refractivity (Wildman–Crippen MR) is 95.1 cm³/mol. The van der Waals surface area contributed by atoms with Crippen molar-refractivity contribution >= 4 is 16.7 Å². The third-order valence-corrected chi connectivity index (χ3v) is 4.03. The minimum absolute atomic E-state index is 0.756. The number of nitrogens with two attached hydrogens (primary N) is 1. The van der Waals surface area contributed by atoms with Crippen LogP contribution in [0.5, 0.6) is 0 Å². The van der Waals surface area contributed by atoms with Crippen LogP contribution in [-0.2, 0) is 6.54 Å². The number of hydrogen-bond donors (Lipinski definition) is 1. The zero-order valence-electron chi connectivity index (χ0n) is 12.7. The SMILES string of the molecule is Nc1cc(-c2ccccc2)c2ncn(Cc3ccccc3)c2c1. The molecule has 0 fully saturated rings. The van der Waals surface area contributed by atoms with E-state index in [0.29, 0.717) is 0 Å². The van der Waals surface area contributed by atoms with E-state index in [1.54, 1.807) is 0 Å². The third-order valence-electron chi connectivity index (χ3n) is 4.03. The third kappa shape index (κ3) is 2.57. The number of imidazole rings is 1. The van der Waals surface area contributed by atoms with Crippen LogP contribution in [0.3, 0.4) is 0 Å². The molecule has 0 aliphatic heterocycles. The molecule has 0 aliphatic rings. The van der Waals surface area contributed by atoms with Gasteiger partial charge in [-0.25, -0.2) is 4.98 Å². The number of nitrogen functional groups attached to an aromatic ring is 1. The lowest BCUT2D eigenvalue weighted by atomic mass is 10.0. The summed E-state index contributed by atoms with van der Waals surface area (Å²) >= 11 is 0. The van der Waals surface area contributed by atoms with Crippen molar-refractivity contribution < 1.29 is 0 Å². The zero-order valence-corrected chi connectivity index (χ0v) is 12.7. The Kier molecular flexibility index (Phi) is 3.31. The van der Waals surface area contributed by atoms with E-state index in [4.69, 9.17) is 5.73 Å². The highest BCUT2D eigenvalue weighted by molar-refractivity contribution is 5.94. The van der Waals surface area contributed by atoms with Crippen molar-refractivity contribution in [2.75, 3.05) is 5.73 Å². The first-order chi connectivity index (χ1) is 11.3. The Bertz CT molecular complexity index is 941. The maximum absolute atomic E-state index is 6.14. The van der Waals surface area contributed by atoms with E-state index in [-0.39, 0.29) is 0 Å². The van der Waals surface area contributed by atoms with Crippen LogP contribution in [0.2, 0.25) is 0 Å². The second kappa shape index (κ2) is 5.61. The van der Waals surface area contributed by atoms with Gasteiger partial charge in [-0.15, -0.1) is 0 Å². The molecule has 112 valence electrons.